The molecule has 0 bridgehead atoms. The van der Waals surface area contributed by atoms with Gasteiger partial charge in [-0.15, -0.1) is 0 Å². The molecular formula is C14H15ClN2O2. The van der Waals surface area contributed by atoms with Gasteiger partial charge in [-0.1, -0.05) is 11.6 Å². The quantitative estimate of drug-likeness (QED) is 0.811. The van der Waals surface area contributed by atoms with Gasteiger partial charge in [-0.2, -0.15) is 5.10 Å². The minimum atomic E-state index is -0.121. The number of hydrogen-bond donors (Lipinski definition) is 0. The van der Waals surface area contributed by atoms with Crippen molar-refractivity contribution in [3.63, 3.8) is 0 Å². The highest BCUT2D eigenvalue weighted by Crippen LogP contribution is 2.52. The Bertz CT molecular complexity index is 650. The number of nitrogens with zero attached hydrogens (tertiary/aromatic N) is 2. The normalized spacial score (nSPS) is 21.6. The number of halogens is 1. The first-order chi connectivity index (χ1) is 9.11. The molecule has 0 N–H and O–H groups in total. The van der Waals surface area contributed by atoms with E-state index in [9.17, 15) is 4.79 Å². The Labute approximate surface area is 116 Å². The standard InChI is InChI=1S/C14H15ClN2O2/c1-3-19-14(18)9-6-8(9)13-10-7-17(2)16-12(10)5-4-11(13)15/h4-5,7-9H,3,6H2,1-2H3. The molecule has 0 amide bonds. The average Bonchev–Trinajstić information content (AvgIpc) is 3.05. The Balaban J connectivity index is 1.98. The molecule has 1 heterocycles. The van der Waals surface area contributed by atoms with Gasteiger partial charge in [-0.3, -0.25) is 9.48 Å². The second-order valence-electron chi connectivity index (χ2n) is 4.90. The maximum absolute atomic E-state index is 11.8. The van der Waals surface area contributed by atoms with Crippen molar-refractivity contribution in [2.24, 2.45) is 13.0 Å². The molecule has 0 aliphatic heterocycles. The van der Waals surface area contributed by atoms with Crippen molar-refractivity contribution in [3.8, 4) is 0 Å². The molecule has 1 aliphatic rings. The van der Waals surface area contributed by atoms with Crippen LogP contribution >= 0.6 is 11.6 Å². The third-order valence-electron chi connectivity index (χ3n) is 3.54. The lowest BCUT2D eigenvalue weighted by atomic mass is 10.0. The van der Waals surface area contributed by atoms with Crippen LogP contribution in [-0.4, -0.2) is 22.4 Å². The van der Waals surface area contributed by atoms with E-state index < -0.39 is 0 Å². The number of esters is 1. The number of rotatable bonds is 3. The lowest BCUT2D eigenvalue weighted by Gasteiger charge is -2.05. The van der Waals surface area contributed by atoms with Crippen LogP contribution in [-0.2, 0) is 16.6 Å². The summed E-state index contributed by atoms with van der Waals surface area (Å²) in [6.45, 7) is 2.25. The first-order valence-electron chi connectivity index (χ1n) is 6.40. The first kappa shape index (κ1) is 12.5. The Morgan fingerprint density at radius 1 is 1.58 bits per heavy atom. The summed E-state index contributed by atoms with van der Waals surface area (Å²) in [6, 6.07) is 3.76. The fourth-order valence-corrected chi connectivity index (χ4v) is 2.91. The Morgan fingerprint density at radius 3 is 3.11 bits per heavy atom. The number of fused-ring (bicyclic) bond motifs is 1. The van der Waals surface area contributed by atoms with Gasteiger partial charge in [0.2, 0.25) is 0 Å². The van der Waals surface area contributed by atoms with Gasteiger partial charge in [-0.25, -0.2) is 0 Å². The Kier molecular flexibility index (Phi) is 2.97. The molecule has 0 saturated heterocycles. The van der Waals surface area contributed by atoms with Gasteiger partial charge in [0.05, 0.1) is 18.0 Å². The van der Waals surface area contributed by atoms with Crippen LogP contribution in [0.4, 0.5) is 0 Å². The predicted octanol–water partition coefficient (Wildman–Crippen LogP) is 2.89. The van der Waals surface area contributed by atoms with Crippen LogP contribution in [0.15, 0.2) is 18.3 Å². The van der Waals surface area contributed by atoms with Gasteiger partial charge >= 0.3 is 5.97 Å². The van der Waals surface area contributed by atoms with E-state index in [1.165, 1.54) is 0 Å². The lowest BCUT2D eigenvalue weighted by Crippen LogP contribution is -2.07. The number of ether oxygens (including phenoxy) is 1. The molecule has 3 rings (SSSR count). The number of aromatic nitrogens is 2. The minimum absolute atomic E-state index is 0.0525. The summed E-state index contributed by atoms with van der Waals surface area (Å²) < 4.78 is 6.84. The maximum atomic E-state index is 11.8. The molecule has 0 radical (unpaired) electrons. The summed E-state index contributed by atoms with van der Waals surface area (Å²) in [5.41, 5.74) is 1.95. The molecular weight excluding hydrogens is 264 g/mol. The highest BCUT2D eigenvalue weighted by Gasteiger charge is 2.46. The summed E-state index contributed by atoms with van der Waals surface area (Å²) in [5.74, 6) is -0.00725. The highest BCUT2D eigenvalue weighted by atomic mass is 35.5. The van der Waals surface area contributed by atoms with Gasteiger partial charge in [0.15, 0.2) is 0 Å². The van der Waals surface area contributed by atoms with E-state index in [2.05, 4.69) is 5.10 Å². The van der Waals surface area contributed by atoms with Gasteiger partial charge in [0, 0.05) is 29.6 Å². The highest BCUT2D eigenvalue weighted by molar-refractivity contribution is 6.32. The molecule has 0 spiro atoms. The van der Waals surface area contributed by atoms with Crippen LogP contribution in [0.1, 0.15) is 24.8 Å². The van der Waals surface area contributed by atoms with E-state index in [1.54, 1.807) is 4.68 Å². The fourth-order valence-electron chi connectivity index (χ4n) is 2.61. The van der Waals surface area contributed by atoms with E-state index in [1.807, 2.05) is 32.3 Å². The average molecular weight is 279 g/mol. The summed E-state index contributed by atoms with van der Waals surface area (Å²) in [7, 11) is 1.88. The second-order valence-corrected chi connectivity index (χ2v) is 5.30. The third kappa shape index (κ3) is 2.10. The van der Waals surface area contributed by atoms with Crippen molar-refractivity contribution >= 4 is 28.5 Å². The van der Waals surface area contributed by atoms with Gasteiger partial charge in [-0.05, 0) is 31.0 Å². The van der Waals surface area contributed by atoms with Crippen molar-refractivity contribution in [1.82, 2.24) is 9.78 Å². The molecule has 1 fully saturated rings. The maximum Gasteiger partial charge on any atom is 0.309 e. The second kappa shape index (κ2) is 4.53. The smallest absolute Gasteiger partial charge is 0.309 e. The molecule has 100 valence electrons. The molecule has 1 aromatic carbocycles. The Morgan fingerprint density at radius 2 is 2.37 bits per heavy atom. The molecule has 2 unspecified atom stereocenters. The zero-order valence-corrected chi connectivity index (χ0v) is 11.6. The molecule has 19 heavy (non-hydrogen) atoms. The largest absolute Gasteiger partial charge is 0.466 e. The molecule has 1 aliphatic carbocycles. The molecule has 5 heteroatoms. The third-order valence-corrected chi connectivity index (χ3v) is 3.87. The number of benzene rings is 1. The number of carbonyl (C=O) groups is 1. The van der Waals surface area contributed by atoms with Crippen LogP contribution in [0.25, 0.3) is 10.9 Å². The summed E-state index contributed by atoms with van der Waals surface area (Å²) in [6.07, 6.45) is 2.77. The number of hydrogen-bond acceptors (Lipinski definition) is 3. The van der Waals surface area contributed by atoms with Crippen molar-refractivity contribution < 1.29 is 9.53 Å². The zero-order valence-electron chi connectivity index (χ0n) is 10.9. The summed E-state index contributed by atoms with van der Waals surface area (Å²) >= 11 is 6.31. The summed E-state index contributed by atoms with van der Waals surface area (Å²) in [4.78, 5) is 11.8. The predicted molar refractivity (Wildman–Crippen MR) is 73.2 cm³/mol. The lowest BCUT2D eigenvalue weighted by molar-refractivity contribution is -0.144. The van der Waals surface area contributed by atoms with Crippen molar-refractivity contribution in [3.05, 3.63) is 28.9 Å². The zero-order chi connectivity index (χ0) is 13.6. The van der Waals surface area contributed by atoms with E-state index in [4.69, 9.17) is 16.3 Å². The number of carbonyl (C=O) groups excluding carboxylic acids is 1. The van der Waals surface area contributed by atoms with Gasteiger partial charge in [0.25, 0.3) is 0 Å². The fraction of sp³-hybridized carbons (Fsp3) is 0.429. The molecule has 1 saturated carbocycles. The topological polar surface area (TPSA) is 44.1 Å². The Hall–Kier alpha value is -1.55. The van der Waals surface area contributed by atoms with Gasteiger partial charge < -0.3 is 4.74 Å². The van der Waals surface area contributed by atoms with Crippen molar-refractivity contribution in [1.29, 1.82) is 0 Å². The van der Waals surface area contributed by atoms with E-state index in [-0.39, 0.29) is 17.8 Å². The molecule has 2 aromatic rings. The van der Waals surface area contributed by atoms with Crippen LogP contribution < -0.4 is 0 Å². The van der Waals surface area contributed by atoms with E-state index in [0.717, 1.165) is 22.9 Å². The first-order valence-corrected chi connectivity index (χ1v) is 6.78. The number of aryl methyl sites for hydroxylation is 1. The van der Waals surface area contributed by atoms with Crippen LogP contribution in [0.3, 0.4) is 0 Å². The van der Waals surface area contributed by atoms with Crippen LogP contribution in [0.2, 0.25) is 5.02 Å². The van der Waals surface area contributed by atoms with Gasteiger partial charge in [0.1, 0.15) is 0 Å². The SMILES string of the molecule is CCOC(=O)C1CC1c1c(Cl)ccc2nn(C)cc12. The molecule has 4 nitrogen and oxygen atoms in total. The monoisotopic (exact) mass is 278 g/mol. The van der Waals surface area contributed by atoms with E-state index in [0.29, 0.717) is 11.6 Å². The van der Waals surface area contributed by atoms with E-state index >= 15 is 0 Å². The summed E-state index contributed by atoms with van der Waals surface area (Å²) in [5, 5.41) is 6.11. The van der Waals surface area contributed by atoms with Crippen LogP contribution in [0.5, 0.6) is 0 Å². The minimum Gasteiger partial charge on any atom is -0.466 e. The van der Waals surface area contributed by atoms with Crippen molar-refractivity contribution in [2.45, 2.75) is 19.3 Å². The molecule has 2 atom stereocenters. The molecule has 1 aromatic heterocycles. The van der Waals surface area contributed by atoms with Crippen molar-refractivity contribution in [2.75, 3.05) is 6.61 Å². The van der Waals surface area contributed by atoms with Crippen LogP contribution in [0, 0.1) is 5.92 Å².